The lowest BCUT2D eigenvalue weighted by atomic mass is 9.85. The highest BCUT2D eigenvalue weighted by molar-refractivity contribution is 7.90. The number of nitrogens with one attached hydrogen (secondary N) is 1. The Labute approximate surface area is 92.7 Å². The molecule has 0 bridgehead atoms. The van der Waals surface area contributed by atoms with Gasteiger partial charge in [0.15, 0.2) is 0 Å². The quantitative estimate of drug-likeness (QED) is 0.750. The summed E-state index contributed by atoms with van der Waals surface area (Å²) in [6.07, 6.45) is 7.80. The maximum absolute atomic E-state index is 12.0. The summed E-state index contributed by atoms with van der Waals surface area (Å²) in [5, 5.41) is -0.103. The van der Waals surface area contributed by atoms with Gasteiger partial charge in [0.25, 0.3) is 0 Å². The van der Waals surface area contributed by atoms with Crippen LogP contribution in [0.2, 0.25) is 0 Å². The first-order valence-electron chi connectivity index (χ1n) is 6.11. The number of rotatable bonds is 1. The molecule has 2 rings (SSSR count). The molecule has 0 amide bonds. The van der Waals surface area contributed by atoms with Crippen LogP contribution >= 0.6 is 0 Å². The zero-order chi connectivity index (χ0) is 10.9. The molecule has 1 N–H and O–H groups in total. The summed E-state index contributed by atoms with van der Waals surface area (Å²) in [5.41, 5.74) is 0. The van der Waals surface area contributed by atoms with Crippen LogP contribution in [-0.2, 0) is 10.0 Å². The molecule has 0 aromatic heterocycles. The van der Waals surface area contributed by atoms with E-state index >= 15 is 0 Å². The smallest absolute Gasteiger partial charge is 0.212 e. The molecule has 4 heteroatoms. The molecule has 3 nitrogen and oxygen atoms in total. The Morgan fingerprint density at radius 2 is 1.67 bits per heavy atom. The zero-order valence-electron chi connectivity index (χ0n) is 9.41. The van der Waals surface area contributed by atoms with E-state index in [0.29, 0.717) is 5.92 Å². The van der Waals surface area contributed by atoms with Gasteiger partial charge < -0.3 is 0 Å². The fourth-order valence-electron chi connectivity index (χ4n) is 2.99. The van der Waals surface area contributed by atoms with Crippen LogP contribution in [0, 0.1) is 5.92 Å². The van der Waals surface area contributed by atoms with Crippen LogP contribution in [0.25, 0.3) is 0 Å². The molecule has 1 aliphatic heterocycles. The minimum atomic E-state index is -3.02. The SMILES string of the molecule is CC1CCC(C2CCCCC2)S(=O)(=O)N1. The van der Waals surface area contributed by atoms with E-state index < -0.39 is 10.0 Å². The second-order valence-electron chi connectivity index (χ2n) is 5.08. The molecule has 1 saturated carbocycles. The molecule has 2 aliphatic rings. The van der Waals surface area contributed by atoms with Crippen molar-refractivity contribution < 1.29 is 8.42 Å². The van der Waals surface area contributed by atoms with Crippen LogP contribution in [0.1, 0.15) is 51.9 Å². The van der Waals surface area contributed by atoms with E-state index in [1.54, 1.807) is 0 Å². The third kappa shape index (κ3) is 2.53. The topological polar surface area (TPSA) is 46.2 Å². The van der Waals surface area contributed by atoms with Crippen LogP contribution in [0.4, 0.5) is 0 Å². The summed E-state index contributed by atoms with van der Waals surface area (Å²) >= 11 is 0. The molecular weight excluding hydrogens is 210 g/mol. The van der Waals surface area contributed by atoms with Crippen molar-refractivity contribution in [3.05, 3.63) is 0 Å². The third-order valence-corrected chi connectivity index (χ3v) is 5.97. The molecule has 0 spiro atoms. The maximum atomic E-state index is 12.0. The van der Waals surface area contributed by atoms with E-state index in [4.69, 9.17) is 0 Å². The lowest BCUT2D eigenvalue weighted by molar-refractivity contribution is 0.313. The summed E-state index contributed by atoms with van der Waals surface area (Å²) < 4.78 is 26.7. The van der Waals surface area contributed by atoms with Crippen LogP contribution in [-0.4, -0.2) is 19.7 Å². The van der Waals surface area contributed by atoms with Crippen LogP contribution in [0.15, 0.2) is 0 Å². The average Bonchev–Trinajstić information content (AvgIpc) is 2.17. The zero-order valence-corrected chi connectivity index (χ0v) is 10.2. The Hall–Kier alpha value is -0.0900. The van der Waals surface area contributed by atoms with Crippen molar-refractivity contribution in [2.45, 2.75) is 63.2 Å². The second kappa shape index (κ2) is 4.42. The van der Waals surface area contributed by atoms with Gasteiger partial charge >= 0.3 is 0 Å². The number of hydrogen-bond acceptors (Lipinski definition) is 2. The predicted octanol–water partition coefficient (Wildman–Crippen LogP) is 2.04. The van der Waals surface area contributed by atoms with Gasteiger partial charge in [-0.15, -0.1) is 0 Å². The first-order chi connectivity index (χ1) is 7.09. The van der Waals surface area contributed by atoms with Crippen molar-refractivity contribution in [3.8, 4) is 0 Å². The van der Waals surface area contributed by atoms with Crippen LogP contribution in [0.3, 0.4) is 0 Å². The van der Waals surface area contributed by atoms with Gasteiger partial charge in [0.1, 0.15) is 0 Å². The second-order valence-corrected chi connectivity index (χ2v) is 7.01. The molecule has 1 heterocycles. The number of sulfonamides is 1. The molecule has 0 radical (unpaired) electrons. The summed E-state index contributed by atoms with van der Waals surface area (Å²) in [4.78, 5) is 0. The molecule has 0 aromatic rings. The number of hydrogen-bond donors (Lipinski definition) is 1. The highest BCUT2D eigenvalue weighted by Gasteiger charge is 2.37. The summed E-state index contributed by atoms with van der Waals surface area (Å²) in [6, 6.07) is 0.134. The lowest BCUT2D eigenvalue weighted by Gasteiger charge is -2.34. The van der Waals surface area contributed by atoms with Gasteiger partial charge in [0.05, 0.1) is 5.25 Å². The normalized spacial score (nSPS) is 37.7. The first-order valence-corrected chi connectivity index (χ1v) is 7.65. The Kier molecular flexibility index (Phi) is 3.36. The van der Waals surface area contributed by atoms with Gasteiger partial charge in [-0.3, -0.25) is 0 Å². The largest absolute Gasteiger partial charge is 0.214 e. The van der Waals surface area contributed by atoms with Gasteiger partial charge in [-0.2, -0.15) is 0 Å². The van der Waals surface area contributed by atoms with Crippen molar-refractivity contribution in [1.82, 2.24) is 4.72 Å². The van der Waals surface area contributed by atoms with Crippen molar-refractivity contribution >= 4 is 10.0 Å². The van der Waals surface area contributed by atoms with E-state index in [1.807, 2.05) is 6.92 Å². The van der Waals surface area contributed by atoms with E-state index in [1.165, 1.54) is 19.3 Å². The fourth-order valence-corrected chi connectivity index (χ4v) is 5.07. The lowest BCUT2D eigenvalue weighted by Crippen LogP contribution is -2.48. The molecule has 1 aliphatic carbocycles. The van der Waals surface area contributed by atoms with Crippen molar-refractivity contribution in [1.29, 1.82) is 0 Å². The third-order valence-electron chi connectivity index (χ3n) is 3.82. The van der Waals surface area contributed by atoms with Crippen molar-refractivity contribution in [2.75, 3.05) is 0 Å². The molecule has 0 aromatic carbocycles. The van der Waals surface area contributed by atoms with E-state index in [0.717, 1.165) is 25.7 Å². The molecule has 2 unspecified atom stereocenters. The molecule has 88 valence electrons. The maximum Gasteiger partial charge on any atom is 0.214 e. The van der Waals surface area contributed by atoms with E-state index in [9.17, 15) is 8.42 Å². The fraction of sp³-hybridized carbons (Fsp3) is 1.00. The Bertz CT molecular complexity index is 307. The molecule has 2 fully saturated rings. The highest BCUT2D eigenvalue weighted by Crippen LogP contribution is 2.33. The highest BCUT2D eigenvalue weighted by atomic mass is 32.2. The van der Waals surface area contributed by atoms with Gasteiger partial charge in [-0.1, -0.05) is 19.3 Å². The van der Waals surface area contributed by atoms with Gasteiger partial charge in [0.2, 0.25) is 10.0 Å². The Morgan fingerprint density at radius 1 is 1.00 bits per heavy atom. The molecule has 1 saturated heterocycles. The van der Waals surface area contributed by atoms with Gasteiger partial charge in [-0.05, 0) is 38.5 Å². The average molecular weight is 231 g/mol. The standard InChI is InChI=1S/C11H21NO2S/c1-9-7-8-11(15(13,14)12-9)10-5-3-2-4-6-10/h9-12H,2-8H2,1H3. The van der Waals surface area contributed by atoms with Crippen LogP contribution < -0.4 is 4.72 Å². The van der Waals surface area contributed by atoms with Crippen LogP contribution in [0.5, 0.6) is 0 Å². The summed E-state index contributed by atoms with van der Waals surface area (Å²) in [6.45, 7) is 1.95. The minimum Gasteiger partial charge on any atom is -0.212 e. The Morgan fingerprint density at radius 3 is 2.27 bits per heavy atom. The van der Waals surface area contributed by atoms with Gasteiger partial charge in [-0.25, -0.2) is 13.1 Å². The van der Waals surface area contributed by atoms with E-state index in [2.05, 4.69) is 4.72 Å². The minimum absolute atomic E-state index is 0.103. The predicted molar refractivity (Wildman–Crippen MR) is 61.1 cm³/mol. The van der Waals surface area contributed by atoms with E-state index in [-0.39, 0.29) is 11.3 Å². The van der Waals surface area contributed by atoms with Gasteiger partial charge in [0, 0.05) is 6.04 Å². The molecular formula is C11H21NO2S. The first kappa shape index (κ1) is 11.4. The van der Waals surface area contributed by atoms with Crippen molar-refractivity contribution in [3.63, 3.8) is 0 Å². The summed E-state index contributed by atoms with van der Waals surface area (Å²) in [7, 11) is -3.02. The monoisotopic (exact) mass is 231 g/mol. The summed E-state index contributed by atoms with van der Waals surface area (Å²) in [5.74, 6) is 0.420. The molecule has 15 heavy (non-hydrogen) atoms. The van der Waals surface area contributed by atoms with Crippen molar-refractivity contribution in [2.24, 2.45) is 5.92 Å². The molecule has 2 atom stereocenters. The Balaban J connectivity index is 2.07.